The van der Waals surface area contributed by atoms with Gasteiger partial charge in [-0.3, -0.25) is 5.43 Å². The summed E-state index contributed by atoms with van der Waals surface area (Å²) in [5, 5.41) is 0. The number of morpholine rings is 1. The van der Waals surface area contributed by atoms with Crippen molar-refractivity contribution >= 4 is 11.9 Å². The zero-order chi connectivity index (χ0) is 13.1. The largest absolute Gasteiger partial charge is 0.463 e. The fraction of sp³-hybridized carbons (Fsp3) is 0.727. The van der Waals surface area contributed by atoms with Crippen molar-refractivity contribution in [1.29, 1.82) is 0 Å². The first-order chi connectivity index (χ1) is 9.35. The highest BCUT2D eigenvalue weighted by molar-refractivity contribution is 5.38. The normalized spacial score (nSPS) is 19.3. The lowest BCUT2D eigenvalue weighted by Gasteiger charge is -2.26. The van der Waals surface area contributed by atoms with Crippen LogP contribution < -0.4 is 20.9 Å². The molecule has 1 aromatic heterocycles. The molecule has 2 fully saturated rings. The number of nitrogens with two attached hydrogens (primary N) is 1. The summed E-state index contributed by atoms with van der Waals surface area (Å²) in [6.07, 6.45) is 2.45. The SMILES string of the molecule is NNc1nc(OCC2CC2)nc(N2CCOCC2)n1. The highest BCUT2D eigenvalue weighted by Gasteiger charge is 2.23. The standard InChI is InChI=1S/C11H18N6O2/c12-16-9-13-10(17-3-5-18-6-4-17)15-11(14-9)19-7-8-1-2-8/h8H,1-7,12H2,(H,13,14,15,16). The van der Waals surface area contributed by atoms with Crippen molar-refractivity contribution in [3.63, 3.8) is 0 Å². The molecule has 1 aliphatic carbocycles. The summed E-state index contributed by atoms with van der Waals surface area (Å²) in [4.78, 5) is 14.7. The van der Waals surface area contributed by atoms with Crippen LogP contribution in [0.3, 0.4) is 0 Å². The van der Waals surface area contributed by atoms with Crippen LogP contribution in [0.1, 0.15) is 12.8 Å². The molecule has 1 saturated carbocycles. The number of hydrogen-bond acceptors (Lipinski definition) is 8. The van der Waals surface area contributed by atoms with Gasteiger partial charge in [-0.15, -0.1) is 0 Å². The topological polar surface area (TPSA) is 98.4 Å². The van der Waals surface area contributed by atoms with Crippen molar-refractivity contribution in [2.24, 2.45) is 11.8 Å². The predicted molar refractivity (Wildman–Crippen MR) is 68.9 cm³/mol. The van der Waals surface area contributed by atoms with Gasteiger partial charge in [0.05, 0.1) is 19.8 Å². The fourth-order valence-corrected chi connectivity index (χ4v) is 1.86. The Morgan fingerprint density at radius 1 is 1.26 bits per heavy atom. The van der Waals surface area contributed by atoms with Crippen molar-refractivity contribution in [2.45, 2.75) is 12.8 Å². The summed E-state index contributed by atoms with van der Waals surface area (Å²) in [5.74, 6) is 6.94. The molecular formula is C11H18N6O2. The molecule has 1 aromatic rings. The van der Waals surface area contributed by atoms with Crippen molar-refractivity contribution < 1.29 is 9.47 Å². The number of nitrogen functional groups attached to an aromatic ring is 1. The van der Waals surface area contributed by atoms with Crippen LogP contribution in [0.25, 0.3) is 0 Å². The van der Waals surface area contributed by atoms with Gasteiger partial charge in [-0.05, 0) is 18.8 Å². The molecule has 2 heterocycles. The lowest BCUT2D eigenvalue weighted by molar-refractivity contribution is 0.122. The third-order valence-corrected chi connectivity index (χ3v) is 3.17. The average Bonchev–Trinajstić information content (AvgIpc) is 3.30. The summed E-state index contributed by atoms with van der Waals surface area (Å²) >= 11 is 0. The second kappa shape index (κ2) is 5.54. The molecule has 8 nitrogen and oxygen atoms in total. The van der Waals surface area contributed by atoms with Gasteiger partial charge in [0.15, 0.2) is 0 Å². The summed E-state index contributed by atoms with van der Waals surface area (Å²) in [6, 6.07) is 0.330. The van der Waals surface area contributed by atoms with E-state index < -0.39 is 0 Å². The van der Waals surface area contributed by atoms with Gasteiger partial charge in [-0.25, -0.2) is 5.84 Å². The Hall–Kier alpha value is -1.67. The van der Waals surface area contributed by atoms with Crippen LogP contribution in [0.4, 0.5) is 11.9 Å². The monoisotopic (exact) mass is 266 g/mol. The third kappa shape index (κ3) is 3.21. The van der Waals surface area contributed by atoms with E-state index >= 15 is 0 Å². The van der Waals surface area contributed by atoms with Crippen molar-refractivity contribution in [1.82, 2.24) is 15.0 Å². The van der Waals surface area contributed by atoms with Crippen LogP contribution in [-0.4, -0.2) is 47.9 Å². The van der Waals surface area contributed by atoms with E-state index in [4.69, 9.17) is 15.3 Å². The third-order valence-electron chi connectivity index (χ3n) is 3.17. The first-order valence-electron chi connectivity index (χ1n) is 6.53. The van der Waals surface area contributed by atoms with Crippen molar-refractivity contribution in [3.05, 3.63) is 0 Å². The maximum atomic E-state index is 5.59. The summed E-state index contributed by atoms with van der Waals surface area (Å²) in [5.41, 5.74) is 2.45. The molecule has 0 atom stereocenters. The van der Waals surface area contributed by atoms with E-state index in [1.54, 1.807) is 0 Å². The fourth-order valence-electron chi connectivity index (χ4n) is 1.86. The van der Waals surface area contributed by atoms with Gasteiger partial charge in [-0.2, -0.15) is 15.0 Å². The van der Waals surface area contributed by atoms with E-state index in [1.807, 2.05) is 4.90 Å². The highest BCUT2D eigenvalue weighted by atomic mass is 16.5. The van der Waals surface area contributed by atoms with E-state index in [0.717, 1.165) is 13.1 Å². The van der Waals surface area contributed by atoms with Gasteiger partial charge in [0.25, 0.3) is 0 Å². The molecule has 1 aliphatic heterocycles. The van der Waals surface area contributed by atoms with Crippen molar-refractivity contribution in [3.8, 4) is 6.01 Å². The van der Waals surface area contributed by atoms with Gasteiger partial charge in [0.2, 0.25) is 11.9 Å². The van der Waals surface area contributed by atoms with Crippen molar-refractivity contribution in [2.75, 3.05) is 43.2 Å². The van der Waals surface area contributed by atoms with Crippen LogP contribution in [0, 0.1) is 5.92 Å². The maximum absolute atomic E-state index is 5.59. The molecule has 8 heteroatoms. The summed E-state index contributed by atoms with van der Waals surface area (Å²) < 4.78 is 10.9. The van der Waals surface area contributed by atoms with E-state index in [-0.39, 0.29) is 0 Å². The minimum absolute atomic E-state index is 0.322. The van der Waals surface area contributed by atoms with Crippen LogP contribution in [0.2, 0.25) is 0 Å². The van der Waals surface area contributed by atoms with Gasteiger partial charge < -0.3 is 14.4 Å². The Morgan fingerprint density at radius 2 is 2.05 bits per heavy atom. The van der Waals surface area contributed by atoms with Crippen LogP contribution in [0.15, 0.2) is 0 Å². The van der Waals surface area contributed by atoms with E-state index in [0.29, 0.717) is 43.6 Å². The highest BCUT2D eigenvalue weighted by Crippen LogP contribution is 2.29. The molecule has 0 spiro atoms. The lowest BCUT2D eigenvalue weighted by atomic mass is 10.4. The number of hydrogen-bond donors (Lipinski definition) is 2. The first kappa shape index (κ1) is 12.4. The lowest BCUT2D eigenvalue weighted by Crippen LogP contribution is -2.37. The second-order valence-electron chi connectivity index (χ2n) is 4.74. The predicted octanol–water partition coefficient (Wildman–Crippen LogP) is -0.217. The summed E-state index contributed by atoms with van der Waals surface area (Å²) in [6.45, 7) is 3.54. The minimum atomic E-state index is 0.322. The zero-order valence-electron chi connectivity index (χ0n) is 10.7. The van der Waals surface area contributed by atoms with Gasteiger partial charge in [0.1, 0.15) is 0 Å². The summed E-state index contributed by atoms with van der Waals surface area (Å²) in [7, 11) is 0. The van der Waals surface area contributed by atoms with E-state index in [2.05, 4.69) is 20.4 Å². The molecule has 104 valence electrons. The molecule has 0 bridgehead atoms. The van der Waals surface area contributed by atoms with E-state index in [1.165, 1.54) is 12.8 Å². The number of aromatic nitrogens is 3. The Morgan fingerprint density at radius 3 is 2.74 bits per heavy atom. The molecular weight excluding hydrogens is 248 g/mol. The molecule has 0 amide bonds. The van der Waals surface area contributed by atoms with Gasteiger partial charge in [0, 0.05) is 13.1 Å². The quantitative estimate of drug-likeness (QED) is 0.557. The molecule has 3 N–H and O–H groups in total. The zero-order valence-corrected chi connectivity index (χ0v) is 10.7. The molecule has 0 unspecified atom stereocenters. The molecule has 3 rings (SSSR count). The number of hydrazine groups is 1. The Balaban J connectivity index is 1.74. The molecule has 1 saturated heterocycles. The minimum Gasteiger partial charge on any atom is -0.463 e. The number of nitrogens with zero attached hydrogens (tertiary/aromatic N) is 4. The van der Waals surface area contributed by atoms with Crippen LogP contribution in [-0.2, 0) is 4.74 Å². The second-order valence-corrected chi connectivity index (χ2v) is 4.74. The van der Waals surface area contributed by atoms with E-state index in [9.17, 15) is 0 Å². The number of anilines is 2. The first-order valence-corrected chi connectivity index (χ1v) is 6.53. The Bertz CT molecular complexity index is 433. The smallest absolute Gasteiger partial charge is 0.323 e. The molecule has 0 aromatic carbocycles. The van der Waals surface area contributed by atoms with Crippen LogP contribution >= 0.6 is 0 Å². The van der Waals surface area contributed by atoms with Gasteiger partial charge in [-0.1, -0.05) is 0 Å². The Kier molecular flexibility index (Phi) is 3.60. The molecule has 2 aliphatic rings. The average molecular weight is 266 g/mol. The van der Waals surface area contributed by atoms with Crippen LogP contribution in [0.5, 0.6) is 6.01 Å². The number of nitrogens with one attached hydrogen (secondary N) is 1. The maximum Gasteiger partial charge on any atom is 0.323 e. The molecule has 19 heavy (non-hydrogen) atoms. The number of rotatable bonds is 5. The molecule has 0 radical (unpaired) electrons. The Labute approximate surface area is 111 Å². The van der Waals surface area contributed by atoms with Gasteiger partial charge >= 0.3 is 6.01 Å². The number of ether oxygens (including phenoxy) is 2.